The lowest BCUT2D eigenvalue weighted by molar-refractivity contribution is -0.126. The number of amides is 1. The molecular formula is C16H22ClN3O. The van der Waals surface area contributed by atoms with Crippen LogP contribution in [0.3, 0.4) is 0 Å². The number of carbonyl (C=O) groups is 1. The van der Waals surface area contributed by atoms with E-state index in [1.54, 1.807) is 0 Å². The Kier molecular flexibility index (Phi) is 4.88. The molecule has 1 N–H and O–H groups in total. The SMILES string of the molecule is Cc1ccc(NC2=NCC(=O)N2C2CCCC2)cc1C.Cl. The van der Waals surface area contributed by atoms with Crippen LogP contribution in [0.15, 0.2) is 23.2 Å². The van der Waals surface area contributed by atoms with Gasteiger partial charge in [0, 0.05) is 11.7 Å². The van der Waals surface area contributed by atoms with Crippen LogP contribution >= 0.6 is 12.4 Å². The summed E-state index contributed by atoms with van der Waals surface area (Å²) in [5.41, 5.74) is 3.52. The molecule has 114 valence electrons. The van der Waals surface area contributed by atoms with Gasteiger partial charge in [0.1, 0.15) is 6.54 Å². The molecule has 1 amide bonds. The van der Waals surface area contributed by atoms with E-state index in [0.717, 1.165) is 24.5 Å². The first-order valence-electron chi connectivity index (χ1n) is 7.36. The summed E-state index contributed by atoms with van der Waals surface area (Å²) in [7, 11) is 0. The van der Waals surface area contributed by atoms with E-state index in [0.29, 0.717) is 6.04 Å². The molecule has 1 fully saturated rings. The van der Waals surface area contributed by atoms with Crippen molar-refractivity contribution in [3.05, 3.63) is 29.3 Å². The molecule has 0 spiro atoms. The molecule has 0 radical (unpaired) electrons. The van der Waals surface area contributed by atoms with Crippen molar-refractivity contribution >= 4 is 30.0 Å². The van der Waals surface area contributed by atoms with E-state index >= 15 is 0 Å². The number of hydrogen-bond acceptors (Lipinski definition) is 3. The van der Waals surface area contributed by atoms with Gasteiger partial charge in [0.25, 0.3) is 5.91 Å². The highest BCUT2D eigenvalue weighted by Crippen LogP contribution is 2.26. The lowest BCUT2D eigenvalue weighted by Gasteiger charge is -2.25. The van der Waals surface area contributed by atoms with Gasteiger partial charge in [0.2, 0.25) is 5.96 Å². The van der Waals surface area contributed by atoms with Crippen LogP contribution in [0.1, 0.15) is 36.8 Å². The fraction of sp³-hybridized carbons (Fsp3) is 0.500. The van der Waals surface area contributed by atoms with E-state index in [4.69, 9.17) is 0 Å². The molecule has 0 atom stereocenters. The van der Waals surface area contributed by atoms with Crippen LogP contribution < -0.4 is 5.32 Å². The van der Waals surface area contributed by atoms with Crippen LogP contribution in [0, 0.1) is 13.8 Å². The van der Waals surface area contributed by atoms with Gasteiger partial charge >= 0.3 is 0 Å². The summed E-state index contributed by atoms with van der Waals surface area (Å²) in [5, 5.41) is 3.32. The van der Waals surface area contributed by atoms with Gasteiger partial charge in [0.15, 0.2) is 0 Å². The minimum Gasteiger partial charge on any atom is -0.326 e. The predicted octanol–water partition coefficient (Wildman–Crippen LogP) is 3.28. The Labute approximate surface area is 132 Å². The van der Waals surface area contributed by atoms with Crippen molar-refractivity contribution in [1.29, 1.82) is 0 Å². The number of carbonyl (C=O) groups excluding carboxylic acids is 1. The zero-order valence-electron chi connectivity index (χ0n) is 12.6. The van der Waals surface area contributed by atoms with Crippen LogP contribution in [0.4, 0.5) is 5.69 Å². The van der Waals surface area contributed by atoms with Crippen LogP contribution in [0.5, 0.6) is 0 Å². The molecule has 5 heteroatoms. The Balaban J connectivity index is 0.00000161. The molecule has 4 nitrogen and oxygen atoms in total. The van der Waals surface area contributed by atoms with E-state index < -0.39 is 0 Å². The molecule has 0 bridgehead atoms. The van der Waals surface area contributed by atoms with Crippen molar-refractivity contribution in [2.24, 2.45) is 4.99 Å². The van der Waals surface area contributed by atoms with Gasteiger partial charge in [-0.25, -0.2) is 4.99 Å². The Hall–Kier alpha value is -1.55. The minimum absolute atomic E-state index is 0. The van der Waals surface area contributed by atoms with Crippen molar-refractivity contribution < 1.29 is 4.79 Å². The van der Waals surface area contributed by atoms with Crippen molar-refractivity contribution in [2.75, 3.05) is 11.9 Å². The zero-order chi connectivity index (χ0) is 14.1. The number of halogens is 1. The summed E-state index contributed by atoms with van der Waals surface area (Å²) in [6.07, 6.45) is 4.62. The highest BCUT2D eigenvalue weighted by molar-refractivity contribution is 6.09. The molecule has 1 aromatic rings. The van der Waals surface area contributed by atoms with E-state index in [1.807, 2.05) is 11.0 Å². The fourth-order valence-corrected chi connectivity index (χ4v) is 3.00. The number of nitrogens with zero attached hydrogens (tertiary/aromatic N) is 2. The van der Waals surface area contributed by atoms with Gasteiger partial charge in [-0.2, -0.15) is 0 Å². The van der Waals surface area contributed by atoms with Gasteiger partial charge in [0.05, 0.1) is 0 Å². The quantitative estimate of drug-likeness (QED) is 0.911. The normalized spacial score (nSPS) is 18.7. The molecule has 1 heterocycles. The van der Waals surface area contributed by atoms with Crippen LogP contribution in [-0.2, 0) is 4.79 Å². The number of nitrogens with one attached hydrogen (secondary N) is 1. The Morgan fingerprint density at radius 1 is 1.19 bits per heavy atom. The maximum atomic E-state index is 12.1. The van der Waals surface area contributed by atoms with Crippen molar-refractivity contribution in [2.45, 2.75) is 45.6 Å². The third kappa shape index (κ3) is 3.21. The van der Waals surface area contributed by atoms with Gasteiger partial charge in [-0.1, -0.05) is 18.9 Å². The molecule has 1 aliphatic carbocycles. The summed E-state index contributed by atoms with van der Waals surface area (Å²) >= 11 is 0. The third-order valence-corrected chi connectivity index (χ3v) is 4.31. The van der Waals surface area contributed by atoms with Crippen molar-refractivity contribution in [3.8, 4) is 0 Å². The second-order valence-corrected chi connectivity index (χ2v) is 5.77. The number of benzene rings is 1. The number of anilines is 1. The number of aryl methyl sites for hydroxylation is 2. The third-order valence-electron chi connectivity index (χ3n) is 4.31. The minimum atomic E-state index is 0. The lowest BCUT2D eigenvalue weighted by Crippen LogP contribution is -2.43. The van der Waals surface area contributed by atoms with Gasteiger partial charge in [-0.3, -0.25) is 9.69 Å². The maximum absolute atomic E-state index is 12.1. The highest BCUT2D eigenvalue weighted by Gasteiger charge is 2.33. The Bertz CT molecular complexity index is 565. The van der Waals surface area contributed by atoms with E-state index in [9.17, 15) is 4.79 Å². The first-order valence-corrected chi connectivity index (χ1v) is 7.36. The number of rotatable bonds is 2. The van der Waals surface area contributed by atoms with Gasteiger partial charge in [-0.05, 0) is 49.9 Å². The molecule has 0 saturated heterocycles. The summed E-state index contributed by atoms with van der Waals surface area (Å²) in [6, 6.07) is 6.57. The molecule has 1 saturated carbocycles. The summed E-state index contributed by atoms with van der Waals surface area (Å²) in [5.74, 6) is 0.855. The Morgan fingerprint density at radius 2 is 1.90 bits per heavy atom. The monoisotopic (exact) mass is 307 g/mol. The summed E-state index contributed by atoms with van der Waals surface area (Å²) in [6.45, 7) is 4.47. The molecule has 0 aromatic heterocycles. The Morgan fingerprint density at radius 3 is 2.57 bits per heavy atom. The molecule has 3 rings (SSSR count). The lowest BCUT2D eigenvalue weighted by atomic mass is 10.1. The van der Waals surface area contributed by atoms with Crippen LogP contribution in [0.25, 0.3) is 0 Å². The first kappa shape index (κ1) is 15.8. The average molecular weight is 308 g/mol. The average Bonchev–Trinajstić information content (AvgIpc) is 3.04. The molecule has 21 heavy (non-hydrogen) atoms. The van der Waals surface area contributed by atoms with Gasteiger partial charge in [-0.15, -0.1) is 12.4 Å². The van der Waals surface area contributed by atoms with Crippen molar-refractivity contribution in [3.63, 3.8) is 0 Å². The second-order valence-electron chi connectivity index (χ2n) is 5.77. The van der Waals surface area contributed by atoms with Gasteiger partial charge < -0.3 is 5.32 Å². The van der Waals surface area contributed by atoms with E-state index in [-0.39, 0.29) is 24.9 Å². The number of aliphatic imine (C=N–C) groups is 1. The van der Waals surface area contributed by atoms with Crippen LogP contribution in [0.2, 0.25) is 0 Å². The summed E-state index contributed by atoms with van der Waals surface area (Å²) in [4.78, 5) is 18.3. The van der Waals surface area contributed by atoms with Crippen LogP contribution in [-0.4, -0.2) is 29.4 Å². The standard InChI is InChI=1S/C16H21N3O.ClH/c1-11-7-8-13(9-12(11)2)18-16-17-10-15(20)19(16)14-5-3-4-6-14;/h7-9,14H,3-6,10H2,1-2H3,(H,17,18);1H. The zero-order valence-corrected chi connectivity index (χ0v) is 13.4. The largest absolute Gasteiger partial charge is 0.326 e. The topological polar surface area (TPSA) is 44.7 Å². The second kappa shape index (κ2) is 6.48. The number of guanidine groups is 1. The first-order chi connectivity index (χ1) is 9.65. The molecule has 1 aliphatic heterocycles. The molecule has 1 aromatic carbocycles. The smallest absolute Gasteiger partial charge is 0.251 e. The number of hydrogen-bond donors (Lipinski definition) is 1. The van der Waals surface area contributed by atoms with E-state index in [2.05, 4.69) is 36.3 Å². The fourth-order valence-electron chi connectivity index (χ4n) is 3.00. The predicted molar refractivity (Wildman–Crippen MR) is 88.2 cm³/mol. The molecule has 2 aliphatic rings. The summed E-state index contributed by atoms with van der Waals surface area (Å²) < 4.78 is 0. The highest BCUT2D eigenvalue weighted by atomic mass is 35.5. The molecular weight excluding hydrogens is 286 g/mol. The van der Waals surface area contributed by atoms with E-state index in [1.165, 1.54) is 24.0 Å². The maximum Gasteiger partial charge on any atom is 0.251 e. The van der Waals surface area contributed by atoms with Crippen molar-refractivity contribution in [1.82, 2.24) is 4.90 Å². The molecule has 0 unspecified atom stereocenters.